The number of benzene rings is 1. The molecule has 1 aliphatic rings. The fourth-order valence-corrected chi connectivity index (χ4v) is 3.82. The molecule has 0 unspecified atom stereocenters. The number of anilines is 1. The number of hydrogen-bond acceptors (Lipinski definition) is 8. The monoisotopic (exact) mass is 465 g/mol. The van der Waals surface area contributed by atoms with Gasteiger partial charge in [0.15, 0.2) is 5.82 Å². The van der Waals surface area contributed by atoms with Gasteiger partial charge in [-0.3, -0.25) is 0 Å². The summed E-state index contributed by atoms with van der Waals surface area (Å²) in [6.07, 6.45) is -0.860. The Morgan fingerprint density at radius 2 is 1.84 bits per heavy atom. The zero-order chi connectivity index (χ0) is 22.6. The van der Waals surface area contributed by atoms with Crippen molar-refractivity contribution in [2.45, 2.75) is 31.5 Å². The molecule has 1 saturated heterocycles. The summed E-state index contributed by atoms with van der Waals surface area (Å²) in [5.41, 5.74) is -0.250. The summed E-state index contributed by atoms with van der Waals surface area (Å²) in [7, 11) is 0. The van der Waals surface area contributed by atoms with Crippen LogP contribution in [0.5, 0.6) is 5.75 Å². The summed E-state index contributed by atoms with van der Waals surface area (Å²) in [6.45, 7) is 1.21. The number of ether oxygens (including phenoxy) is 1. The van der Waals surface area contributed by atoms with Crippen molar-refractivity contribution < 1.29 is 22.3 Å². The molecule has 3 heterocycles. The maximum absolute atomic E-state index is 13.2. The Kier molecular flexibility index (Phi) is 6.83. The van der Waals surface area contributed by atoms with Crippen molar-refractivity contribution >= 4 is 17.6 Å². The van der Waals surface area contributed by atoms with Gasteiger partial charge in [0.25, 0.3) is 5.89 Å². The molecule has 0 saturated carbocycles. The molecule has 32 heavy (non-hydrogen) atoms. The van der Waals surface area contributed by atoms with Crippen LogP contribution in [-0.4, -0.2) is 51.6 Å². The fourth-order valence-electron chi connectivity index (χ4n) is 3.44. The first kappa shape index (κ1) is 22.4. The lowest BCUT2D eigenvalue weighted by Crippen LogP contribution is -2.39. The predicted octanol–water partition coefficient (Wildman–Crippen LogP) is 4.50. The highest BCUT2D eigenvalue weighted by molar-refractivity contribution is 7.98. The highest BCUT2D eigenvalue weighted by atomic mass is 32.2. The highest BCUT2D eigenvalue weighted by Crippen LogP contribution is 2.37. The third kappa shape index (κ3) is 5.32. The number of thioether (sulfide) groups is 1. The Morgan fingerprint density at radius 1 is 1.06 bits per heavy atom. The highest BCUT2D eigenvalue weighted by Gasteiger charge is 2.35. The molecule has 2 aromatic heterocycles. The van der Waals surface area contributed by atoms with Crippen LogP contribution in [0, 0.1) is 0 Å². The van der Waals surface area contributed by atoms with E-state index in [4.69, 9.17) is 9.15 Å². The molecule has 0 bridgehead atoms. The third-order valence-electron chi connectivity index (χ3n) is 5.11. The largest absolute Gasteiger partial charge is 0.490 e. The standard InChI is InChI=1S/C21H22F3N5O2S/c1-32-13-10-19-27-28-20(31-19)16-6-7-18(26-25-16)29-11-8-14(9-12-29)30-17-5-3-2-4-15(17)21(22,23)24/h2-7,14H,8-13H2,1H3. The third-order valence-corrected chi connectivity index (χ3v) is 5.72. The maximum Gasteiger partial charge on any atom is 0.419 e. The molecule has 0 aliphatic carbocycles. The van der Waals surface area contributed by atoms with Crippen molar-refractivity contribution in [1.82, 2.24) is 20.4 Å². The van der Waals surface area contributed by atoms with Crippen molar-refractivity contribution in [3.8, 4) is 17.3 Å². The van der Waals surface area contributed by atoms with Gasteiger partial charge >= 0.3 is 6.18 Å². The molecule has 0 radical (unpaired) electrons. The average Bonchev–Trinajstić information content (AvgIpc) is 3.27. The van der Waals surface area contributed by atoms with E-state index in [0.717, 1.165) is 11.8 Å². The Labute approximate surface area is 187 Å². The van der Waals surface area contributed by atoms with E-state index in [9.17, 15) is 13.2 Å². The predicted molar refractivity (Wildman–Crippen MR) is 115 cm³/mol. The molecule has 11 heteroatoms. The van der Waals surface area contributed by atoms with Crippen LogP contribution in [0.1, 0.15) is 24.3 Å². The van der Waals surface area contributed by atoms with Crippen molar-refractivity contribution in [2.75, 3.05) is 30.0 Å². The fraction of sp³-hybridized carbons (Fsp3) is 0.429. The molecule has 1 aliphatic heterocycles. The molecule has 4 rings (SSSR count). The average molecular weight is 466 g/mol. The Hall–Kier alpha value is -2.82. The van der Waals surface area contributed by atoms with E-state index in [1.165, 1.54) is 12.1 Å². The van der Waals surface area contributed by atoms with Gasteiger partial charge in [-0.25, -0.2) is 0 Å². The van der Waals surface area contributed by atoms with Crippen LogP contribution in [0.25, 0.3) is 11.6 Å². The molecular formula is C21H22F3N5O2S. The molecule has 3 aromatic rings. The van der Waals surface area contributed by atoms with Crippen molar-refractivity contribution in [3.63, 3.8) is 0 Å². The summed E-state index contributed by atoms with van der Waals surface area (Å²) in [6, 6.07) is 8.91. The van der Waals surface area contributed by atoms with E-state index in [1.807, 2.05) is 17.2 Å². The van der Waals surface area contributed by atoms with E-state index in [2.05, 4.69) is 20.4 Å². The minimum absolute atomic E-state index is 0.126. The van der Waals surface area contributed by atoms with Gasteiger partial charge in [-0.1, -0.05) is 12.1 Å². The number of nitrogens with zero attached hydrogens (tertiary/aromatic N) is 5. The number of rotatable bonds is 7. The molecule has 1 aromatic carbocycles. The smallest absolute Gasteiger partial charge is 0.419 e. The number of aromatic nitrogens is 4. The van der Waals surface area contributed by atoms with E-state index in [0.29, 0.717) is 55.6 Å². The van der Waals surface area contributed by atoms with Crippen LogP contribution in [0.3, 0.4) is 0 Å². The summed E-state index contributed by atoms with van der Waals surface area (Å²) in [5.74, 6) is 2.35. The Morgan fingerprint density at radius 3 is 2.53 bits per heavy atom. The van der Waals surface area contributed by atoms with Gasteiger partial charge in [-0.2, -0.15) is 24.9 Å². The van der Waals surface area contributed by atoms with Crippen LogP contribution in [0.2, 0.25) is 0 Å². The number of piperidine rings is 1. The first-order valence-corrected chi connectivity index (χ1v) is 11.6. The zero-order valence-corrected chi connectivity index (χ0v) is 18.2. The zero-order valence-electron chi connectivity index (χ0n) is 17.4. The second kappa shape index (κ2) is 9.76. The van der Waals surface area contributed by atoms with Crippen molar-refractivity contribution in [2.24, 2.45) is 0 Å². The number of alkyl halides is 3. The van der Waals surface area contributed by atoms with Gasteiger partial charge in [0.2, 0.25) is 5.89 Å². The number of para-hydroxylation sites is 1. The molecule has 170 valence electrons. The molecule has 1 fully saturated rings. The lowest BCUT2D eigenvalue weighted by atomic mass is 10.1. The first-order chi connectivity index (χ1) is 15.4. The summed E-state index contributed by atoms with van der Waals surface area (Å²) in [4.78, 5) is 2.03. The summed E-state index contributed by atoms with van der Waals surface area (Å²) in [5, 5.41) is 16.5. The lowest BCUT2D eigenvalue weighted by Gasteiger charge is -2.33. The second-order valence-electron chi connectivity index (χ2n) is 7.32. The van der Waals surface area contributed by atoms with Crippen LogP contribution in [0.4, 0.5) is 19.0 Å². The normalized spacial score (nSPS) is 15.2. The number of halogens is 3. The maximum atomic E-state index is 13.2. The Balaban J connectivity index is 1.34. The molecule has 0 spiro atoms. The molecule has 0 amide bonds. The molecular weight excluding hydrogens is 443 g/mol. The van der Waals surface area contributed by atoms with Gasteiger partial charge < -0.3 is 14.1 Å². The first-order valence-electron chi connectivity index (χ1n) is 10.2. The van der Waals surface area contributed by atoms with Crippen molar-refractivity contribution in [1.29, 1.82) is 0 Å². The topological polar surface area (TPSA) is 77.2 Å². The van der Waals surface area contributed by atoms with Gasteiger partial charge in [0, 0.05) is 38.1 Å². The van der Waals surface area contributed by atoms with Crippen molar-refractivity contribution in [3.05, 3.63) is 47.9 Å². The number of aryl methyl sites for hydroxylation is 1. The minimum Gasteiger partial charge on any atom is -0.490 e. The van der Waals surface area contributed by atoms with Crippen LogP contribution in [-0.2, 0) is 12.6 Å². The van der Waals surface area contributed by atoms with E-state index >= 15 is 0 Å². The Bertz CT molecular complexity index is 1020. The van der Waals surface area contributed by atoms with Gasteiger partial charge in [0.1, 0.15) is 17.5 Å². The summed E-state index contributed by atoms with van der Waals surface area (Å²) >= 11 is 1.70. The second-order valence-corrected chi connectivity index (χ2v) is 8.30. The van der Waals surface area contributed by atoms with Gasteiger partial charge in [-0.05, 0) is 30.5 Å². The van der Waals surface area contributed by atoms with Crippen LogP contribution < -0.4 is 9.64 Å². The van der Waals surface area contributed by atoms with Gasteiger partial charge in [-0.15, -0.1) is 20.4 Å². The summed E-state index contributed by atoms with van der Waals surface area (Å²) < 4.78 is 50.8. The molecule has 0 atom stereocenters. The number of hydrogen-bond donors (Lipinski definition) is 0. The minimum atomic E-state index is -4.44. The van der Waals surface area contributed by atoms with Crippen LogP contribution in [0.15, 0.2) is 40.8 Å². The molecule has 0 N–H and O–H groups in total. The lowest BCUT2D eigenvalue weighted by molar-refractivity contribution is -0.139. The molecule has 7 nitrogen and oxygen atoms in total. The van der Waals surface area contributed by atoms with E-state index < -0.39 is 11.7 Å². The SMILES string of the molecule is CSCCc1nnc(-c2ccc(N3CCC(Oc4ccccc4C(F)(F)F)CC3)nn2)o1. The van der Waals surface area contributed by atoms with E-state index in [1.54, 1.807) is 23.9 Å². The van der Waals surface area contributed by atoms with E-state index in [-0.39, 0.29) is 11.9 Å². The van der Waals surface area contributed by atoms with Crippen LogP contribution >= 0.6 is 11.8 Å². The quantitative estimate of drug-likeness (QED) is 0.505. The van der Waals surface area contributed by atoms with Gasteiger partial charge in [0.05, 0.1) is 5.56 Å².